The van der Waals surface area contributed by atoms with E-state index in [-0.39, 0.29) is 5.97 Å². The summed E-state index contributed by atoms with van der Waals surface area (Å²) in [6.07, 6.45) is 10.6. The highest BCUT2D eigenvalue weighted by Crippen LogP contribution is 2.38. The van der Waals surface area contributed by atoms with Gasteiger partial charge in [-0.15, -0.1) is 0 Å². The average Bonchev–Trinajstić information content (AvgIpc) is 2.69. The van der Waals surface area contributed by atoms with Gasteiger partial charge in [-0.25, -0.2) is 0 Å². The van der Waals surface area contributed by atoms with Crippen molar-refractivity contribution < 1.29 is 9.53 Å². The van der Waals surface area contributed by atoms with Crippen molar-refractivity contribution in [3.05, 3.63) is 42.5 Å². The van der Waals surface area contributed by atoms with Crippen molar-refractivity contribution in [2.24, 2.45) is 11.1 Å². The molecule has 1 atom stereocenters. The Hall–Kier alpha value is -1.87. The summed E-state index contributed by atoms with van der Waals surface area (Å²) in [6.45, 7) is 8.07. The van der Waals surface area contributed by atoms with Crippen molar-refractivity contribution in [3.63, 3.8) is 0 Å². The van der Waals surface area contributed by atoms with Gasteiger partial charge in [0.1, 0.15) is 5.75 Å². The van der Waals surface area contributed by atoms with Gasteiger partial charge in [0, 0.05) is 10.9 Å². The van der Waals surface area contributed by atoms with Crippen molar-refractivity contribution in [2.45, 2.75) is 91.0 Å². The van der Waals surface area contributed by atoms with E-state index >= 15 is 0 Å². The van der Waals surface area contributed by atoms with Crippen LogP contribution in [0.4, 0.5) is 0 Å². The van der Waals surface area contributed by atoms with Gasteiger partial charge in [0.05, 0.1) is 5.41 Å². The molecule has 0 bridgehead atoms. The van der Waals surface area contributed by atoms with Gasteiger partial charge in [0.25, 0.3) is 0 Å². The largest absolute Gasteiger partial charge is 0.425 e. The monoisotopic (exact) mass is 397 g/mol. The Morgan fingerprint density at radius 2 is 1.45 bits per heavy atom. The minimum atomic E-state index is -0.730. The lowest BCUT2D eigenvalue weighted by molar-refractivity contribution is -0.149. The molecule has 0 aliphatic rings. The molecule has 0 aliphatic carbocycles. The molecule has 2 aromatic rings. The molecule has 3 heteroatoms. The van der Waals surface area contributed by atoms with E-state index in [1.54, 1.807) is 0 Å². The second-order valence-corrected chi connectivity index (χ2v) is 9.15. The van der Waals surface area contributed by atoms with Crippen molar-refractivity contribution in [2.75, 3.05) is 0 Å². The normalized spacial score (nSPS) is 14.0. The zero-order chi connectivity index (χ0) is 21.3. The van der Waals surface area contributed by atoms with Gasteiger partial charge in [-0.2, -0.15) is 0 Å². The number of esters is 1. The van der Waals surface area contributed by atoms with Crippen LogP contribution >= 0.6 is 0 Å². The second kappa shape index (κ2) is 10.8. The number of carbonyl (C=O) groups excluding carboxylic acids is 1. The molecule has 0 heterocycles. The van der Waals surface area contributed by atoms with Crippen LogP contribution in [-0.2, 0) is 4.79 Å². The Balaban J connectivity index is 2.00. The number of hydrogen-bond donors (Lipinski definition) is 1. The first-order chi connectivity index (χ1) is 13.8. The molecule has 2 rings (SSSR count). The van der Waals surface area contributed by atoms with Crippen LogP contribution in [0.5, 0.6) is 5.75 Å². The molecule has 3 nitrogen and oxygen atoms in total. The van der Waals surface area contributed by atoms with Crippen LogP contribution in [0.15, 0.2) is 42.5 Å². The fraction of sp³-hybridized carbons (Fsp3) is 0.577. The fourth-order valence-corrected chi connectivity index (χ4v) is 3.80. The number of hydrogen-bond acceptors (Lipinski definition) is 3. The predicted octanol–water partition coefficient (Wildman–Crippen LogP) is 7.02. The molecule has 160 valence electrons. The highest BCUT2D eigenvalue weighted by atomic mass is 16.5. The number of nitrogens with two attached hydrogens (primary N) is 1. The smallest absolute Gasteiger partial charge is 0.319 e. The number of benzene rings is 2. The third kappa shape index (κ3) is 6.30. The Kier molecular flexibility index (Phi) is 8.70. The van der Waals surface area contributed by atoms with Gasteiger partial charge < -0.3 is 10.5 Å². The third-order valence-corrected chi connectivity index (χ3v) is 6.36. The summed E-state index contributed by atoms with van der Waals surface area (Å²) in [5, 5.41) is 2.02. The van der Waals surface area contributed by atoms with Gasteiger partial charge in [-0.1, -0.05) is 94.7 Å². The maximum atomic E-state index is 13.3. The predicted molar refractivity (Wildman–Crippen MR) is 123 cm³/mol. The Morgan fingerprint density at radius 1 is 0.862 bits per heavy atom. The average molecular weight is 398 g/mol. The van der Waals surface area contributed by atoms with Crippen LogP contribution in [0.25, 0.3) is 10.8 Å². The number of fused-ring (bicyclic) bond motifs is 1. The molecule has 0 saturated heterocycles. The van der Waals surface area contributed by atoms with Crippen LogP contribution in [-0.4, -0.2) is 11.5 Å². The summed E-state index contributed by atoms with van der Waals surface area (Å²) in [5.41, 5.74) is 5.09. The highest BCUT2D eigenvalue weighted by Gasteiger charge is 2.46. The lowest BCUT2D eigenvalue weighted by Gasteiger charge is -2.39. The second-order valence-electron chi connectivity index (χ2n) is 9.15. The molecular formula is C26H39NO2. The van der Waals surface area contributed by atoms with E-state index in [0.717, 1.165) is 30.0 Å². The van der Waals surface area contributed by atoms with Gasteiger partial charge in [0.15, 0.2) is 0 Å². The minimum absolute atomic E-state index is 0.232. The van der Waals surface area contributed by atoms with E-state index in [2.05, 4.69) is 6.92 Å². The van der Waals surface area contributed by atoms with Crippen LogP contribution in [0, 0.1) is 5.41 Å². The van der Waals surface area contributed by atoms with Crippen LogP contribution < -0.4 is 10.5 Å². The van der Waals surface area contributed by atoms with Crippen molar-refractivity contribution in [3.8, 4) is 5.75 Å². The number of ether oxygens (including phenoxy) is 1. The van der Waals surface area contributed by atoms with E-state index < -0.39 is 11.0 Å². The summed E-state index contributed by atoms with van der Waals surface area (Å²) in [5.74, 6) is 0.379. The van der Waals surface area contributed by atoms with Crippen molar-refractivity contribution in [1.82, 2.24) is 0 Å². The summed E-state index contributed by atoms with van der Waals surface area (Å²) < 4.78 is 5.92. The fourth-order valence-electron chi connectivity index (χ4n) is 3.80. The molecule has 0 spiro atoms. The first-order valence-electron chi connectivity index (χ1n) is 11.3. The van der Waals surface area contributed by atoms with Gasteiger partial charge in [0.2, 0.25) is 0 Å². The number of rotatable bonds is 12. The van der Waals surface area contributed by atoms with E-state index in [0.29, 0.717) is 5.75 Å². The van der Waals surface area contributed by atoms with Gasteiger partial charge in [-0.05, 0) is 38.6 Å². The Morgan fingerprint density at radius 3 is 2.10 bits per heavy atom. The molecule has 0 radical (unpaired) electrons. The minimum Gasteiger partial charge on any atom is -0.425 e. The number of unbranched alkanes of at least 4 members (excludes halogenated alkanes) is 7. The van der Waals surface area contributed by atoms with E-state index in [9.17, 15) is 4.79 Å². The maximum Gasteiger partial charge on any atom is 0.319 e. The summed E-state index contributed by atoms with van der Waals surface area (Å²) in [4.78, 5) is 13.3. The van der Waals surface area contributed by atoms with Crippen molar-refractivity contribution in [1.29, 1.82) is 0 Å². The lowest BCUT2D eigenvalue weighted by Crippen LogP contribution is -2.55. The lowest BCUT2D eigenvalue weighted by atomic mass is 9.70. The zero-order valence-electron chi connectivity index (χ0n) is 18.8. The molecule has 1 unspecified atom stereocenters. The Bertz CT molecular complexity index is 772. The topological polar surface area (TPSA) is 52.3 Å². The van der Waals surface area contributed by atoms with Gasteiger partial charge >= 0.3 is 5.97 Å². The summed E-state index contributed by atoms with van der Waals surface area (Å²) in [7, 11) is 0. The number of carbonyl (C=O) groups is 1. The summed E-state index contributed by atoms with van der Waals surface area (Å²) >= 11 is 0. The van der Waals surface area contributed by atoms with Gasteiger partial charge in [-0.3, -0.25) is 4.79 Å². The zero-order valence-corrected chi connectivity index (χ0v) is 18.8. The molecular weight excluding hydrogens is 358 g/mol. The Labute approximate surface area is 177 Å². The van der Waals surface area contributed by atoms with Crippen LogP contribution in [0.2, 0.25) is 0 Å². The molecule has 0 saturated carbocycles. The molecule has 0 aromatic heterocycles. The van der Waals surface area contributed by atoms with Crippen molar-refractivity contribution >= 4 is 16.7 Å². The van der Waals surface area contributed by atoms with Crippen LogP contribution in [0.3, 0.4) is 0 Å². The highest BCUT2D eigenvalue weighted by molar-refractivity contribution is 5.91. The van der Waals surface area contributed by atoms with E-state index in [4.69, 9.17) is 10.5 Å². The maximum absolute atomic E-state index is 13.3. The van der Waals surface area contributed by atoms with E-state index in [1.165, 1.54) is 38.5 Å². The summed E-state index contributed by atoms with van der Waals surface area (Å²) in [6, 6.07) is 13.8. The van der Waals surface area contributed by atoms with Crippen LogP contribution in [0.1, 0.15) is 85.5 Å². The first-order valence-corrected chi connectivity index (χ1v) is 11.3. The molecule has 2 aromatic carbocycles. The first kappa shape index (κ1) is 23.4. The molecule has 0 amide bonds. The molecule has 0 fully saturated rings. The molecule has 2 N–H and O–H groups in total. The molecule has 29 heavy (non-hydrogen) atoms. The quantitative estimate of drug-likeness (QED) is 0.238. The standard InChI is InChI=1S/C26H39NO2/c1-5-6-7-8-9-10-11-14-20-26(4,25(2,3)27)24(28)29-23-19-15-17-21-16-12-13-18-22(21)23/h12-13,15-19H,5-11,14,20,27H2,1-4H3. The molecule has 0 aliphatic heterocycles. The SMILES string of the molecule is CCCCCCCCCCC(C)(C(=O)Oc1cccc2ccccc12)C(C)(C)N. The third-order valence-electron chi connectivity index (χ3n) is 6.36. The van der Waals surface area contributed by atoms with E-state index in [1.807, 2.05) is 63.2 Å².